The van der Waals surface area contributed by atoms with Crippen molar-refractivity contribution in [3.63, 3.8) is 0 Å². The van der Waals surface area contributed by atoms with Crippen LogP contribution in [0.3, 0.4) is 0 Å². The summed E-state index contributed by atoms with van der Waals surface area (Å²) >= 11 is 0. The zero-order chi connectivity index (χ0) is 24.0. The predicted octanol–water partition coefficient (Wildman–Crippen LogP) is 5.58. The van der Waals surface area contributed by atoms with E-state index in [-0.39, 0.29) is 11.9 Å². The Hall–Kier alpha value is -4.06. The Morgan fingerprint density at radius 2 is 1.71 bits per heavy atom. The number of aromatic nitrogens is 3. The number of benzene rings is 2. The maximum atomic E-state index is 13.2. The first-order chi connectivity index (χ1) is 17.2. The molecule has 0 saturated carbocycles. The molecule has 0 atom stereocenters. The molecule has 0 bridgehead atoms. The second-order valence-corrected chi connectivity index (χ2v) is 8.88. The molecule has 1 aliphatic rings. The number of carbonyl (C=O) groups excluding carboxylic acids is 1. The third-order valence-corrected chi connectivity index (χ3v) is 6.49. The van der Waals surface area contributed by atoms with E-state index in [2.05, 4.69) is 59.4 Å². The van der Waals surface area contributed by atoms with E-state index < -0.39 is 0 Å². The molecule has 3 heterocycles. The van der Waals surface area contributed by atoms with E-state index in [1.54, 1.807) is 30.6 Å². The lowest BCUT2D eigenvalue weighted by molar-refractivity contribution is 0.0711. The van der Waals surface area contributed by atoms with Gasteiger partial charge in [0.15, 0.2) is 0 Å². The van der Waals surface area contributed by atoms with Crippen LogP contribution in [0.5, 0.6) is 11.8 Å². The zero-order valence-electron chi connectivity index (χ0n) is 19.8. The molecule has 0 radical (unpaired) electrons. The first kappa shape index (κ1) is 22.7. The monoisotopic (exact) mass is 464 g/mol. The highest BCUT2D eigenvalue weighted by atomic mass is 16.5. The zero-order valence-corrected chi connectivity index (χ0v) is 19.8. The summed E-state index contributed by atoms with van der Waals surface area (Å²) in [6, 6.07) is 24.0. The minimum absolute atomic E-state index is 0.0177. The number of ether oxygens (including phenoxy) is 1. The van der Waals surface area contributed by atoms with Crippen LogP contribution in [0.15, 0.2) is 85.2 Å². The fraction of sp³-hybridized carbons (Fsp3) is 0.241. The first-order valence-electron chi connectivity index (χ1n) is 12.0. The molecular formula is C29H28N4O2. The molecule has 0 spiro atoms. The van der Waals surface area contributed by atoms with Crippen molar-refractivity contribution in [1.29, 1.82) is 0 Å². The van der Waals surface area contributed by atoms with Crippen LogP contribution in [-0.4, -0.2) is 38.8 Å². The Kier molecular flexibility index (Phi) is 6.80. The molecule has 2 aromatic carbocycles. The molecule has 1 saturated heterocycles. The minimum atomic E-state index is 0.0177. The third kappa shape index (κ3) is 5.54. The summed E-state index contributed by atoms with van der Waals surface area (Å²) in [4.78, 5) is 28.2. The number of likely N-dealkylation sites (tertiary alicyclic amines) is 1. The topological polar surface area (TPSA) is 68.2 Å². The van der Waals surface area contributed by atoms with Gasteiger partial charge in [0.1, 0.15) is 5.75 Å². The van der Waals surface area contributed by atoms with Gasteiger partial charge in [-0.25, -0.2) is 9.97 Å². The highest BCUT2D eigenvalue weighted by molar-refractivity contribution is 5.94. The summed E-state index contributed by atoms with van der Waals surface area (Å²) in [5.41, 5.74) is 5.42. The maximum Gasteiger partial charge on any atom is 0.321 e. The lowest BCUT2D eigenvalue weighted by Gasteiger charge is -2.32. The quantitative estimate of drug-likeness (QED) is 0.372. The Morgan fingerprint density at radius 1 is 0.943 bits per heavy atom. The number of pyridine rings is 1. The summed E-state index contributed by atoms with van der Waals surface area (Å²) in [6.45, 7) is 3.56. The number of piperidine rings is 1. The standard InChI is InChI=1S/C29H28N4O2/c1-21-7-2-3-8-23(21)19-25-10-5-12-27(32-25)22-13-17-33(18-14-22)28(34)24-9-4-11-26(20-24)35-29-30-15-6-16-31-29/h2-12,15-16,20,22H,13-14,17-19H2,1H3. The van der Waals surface area contributed by atoms with Gasteiger partial charge in [-0.2, -0.15) is 0 Å². The van der Waals surface area contributed by atoms with Crippen molar-refractivity contribution < 1.29 is 9.53 Å². The van der Waals surface area contributed by atoms with E-state index in [4.69, 9.17) is 9.72 Å². The van der Waals surface area contributed by atoms with Crippen LogP contribution in [0.25, 0.3) is 0 Å². The molecule has 6 nitrogen and oxygen atoms in total. The normalized spacial score (nSPS) is 14.0. The van der Waals surface area contributed by atoms with Gasteiger partial charge in [0, 0.05) is 54.8 Å². The SMILES string of the molecule is Cc1ccccc1Cc1cccc(C2CCN(C(=O)c3cccc(Oc4ncccn4)c3)CC2)n1. The van der Waals surface area contributed by atoms with E-state index in [1.165, 1.54) is 11.1 Å². The summed E-state index contributed by atoms with van der Waals surface area (Å²) < 4.78 is 5.69. The van der Waals surface area contributed by atoms with E-state index in [9.17, 15) is 4.79 Å². The fourth-order valence-electron chi connectivity index (χ4n) is 4.52. The summed E-state index contributed by atoms with van der Waals surface area (Å²) in [5.74, 6) is 0.927. The number of hydrogen-bond acceptors (Lipinski definition) is 5. The van der Waals surface area contributed by atoms with Crippen molar-refractivity contribution in [3.05, 3.63) is 113 Å². The van der Waals surface area contributed by atoms with E-state index >= 15 is 0 Å². The van der Waals surface area contributed by atoms with E-state index in [0.29, 0.717) is 30.3 Å². The lowest BCUT2D eigenvalue weighted by Crippen LogP contribution is -2.38. The molecule has 1 fully saturated rings. The van der Waals surface area contributed by atoms with Crippen molar-refractivity contribution in [2.45, 2.75) is 32.1 Å². The van der Waals surface area contributed by atoms with Crippen molar-refractivity contribution in [1.82, 2.24) is 19.9 Å². The number of aryl methyl sites for hydroxylation is 1. The predicted molar refractivity (Wildman–Crippen MR) is 135 cm³/mol. The molecule has 1 amide bonds. The highest BCUT2D eigenvalue weighted by Crippen LogP contribution is 2.29. The highest BCUT2D eigenvalue weighted by Gasteiger charge is 2.25. The Balaban J connectivity index is 1.21. The van der Waals surface area contributed by atoms with Gasteiger partial charge in [-0.1, -0.05) is 36.4 Å². The second kappa shape index (κ2) is 10.5. The smallest absolute Gasteiger partial charge is 0.321 e. The van der Waals surface area contributed by atoms with E-state index in [1.807, 2.05) is 17.0 Å². The molecule has 6 heteroatoms. The van der Waals surface area contributed by atoms with Crippen LogP contribution in [0.4, 0.5) is 0 Å². The van der Waals surface area contributed by atoms with Gasteiger partial charge in [0.05, 0.1) is 0 Å². The second-order valence-electron chi connectivity index (χ2n) is 8.88. The summed E-state index contributed by atoms with van der Waals surface area (Å²) in [5, 5.41) is 0. The molecule has 5 rings (SSSR count). The van der Waals surface area contributed by atoms with Crippen molar-refractivity contribution in [3.8, 4) is 11.8 Å². The molecule has 176 valence electrons. The largest absolute Gasteiger partial charge is 0.424 e. The number of nitrogens with zero attached hydrogens (tertiary/aromatic N) is 4. The number of carbonyl (C=O) groups is 1. The number of hydrogen-bond donors (Lipinski definition) is 0. The van der Waals surface area contributed by atoms with Crippen molar-refractivity contribution >= 4 is 5.91 Å². The summed E-state index contributed by atoms with van der Waals surface area (Å²) in [7, 11) is 0. The summed E-state index contributed by atoms with van der Waals surface area (Å²) in [6.07, 6.45) is 5.88. The molecule has 1 aliphatic heterocycles. The molecule has 0 N–H and O–H groups in total. The van der Waals surface area contributed by atoms with E-state index in [0.717, 1.165) is 30.7 Å². The average Bonchev–Trinajstić information content (AvgIpc) is 2.91. The van der Waals surface area contributed by atoms with Gasteiger partial charge in [0.25, 0.3) is 5.91 Å². The van der Waals surface area contributed by atoms with Crippen molar-refractivity contribution in [2.24, 2.45) is 0 Å². The Morgan fingerprint density at radius 3 is 2.51 bits per heavy atom. The maximum absolute atomic E-state index is 13.2. The van der Waals surface area contributed by atoms with Gasteiger partial charge in [0.2, 0.25) is 0 Å². The fourth-order valence-corrected chi connectivity index (χ4v) is 4.52. The van der Waals surface area contributed by atoms with Crippen molar-refractivity contribution in [2.75, 3.05) is 13.1 Å². The molecule has 35 heavy (non-hydrogen) atoms. The van der Waals surface area contributed by atoms with Gasteiger partial charge < -0.3 is 9.64 Å². The minimum Gasteiger partial charge on any atom is -0.424 e. The average molecular weight is 465 g/mol. The van der Waals surface area contributed by atoms with Gasteiger partial charge in [-0.3, -0.25) is 9.78 Å². The van der Waals surface area contributed by atoms with Gasteiger partial charge >= 0.3 is 6.01 Å². The number of amides is 1. The number of rotatable bonds is 6. The molecule has 2 aromatic heterocycles. The van der Waals surface area contributed by atoms with Crippen LogP contribution in [-0.2, 0) is 6.42 Å². The molecule has 0 aliphatic carbocycles. The Bertz CT molecular complexity index is 1300. The lowest BCUT2D eigenvalue weighted by atomic mass is 9.92. The van der Waals surface area contributed by atoms with Crippen LogP contribution >= 0.6 is 0 Å². The molecule has 0 unspecified atom stereocenters. The van der Waals surface area contributed by atoms with Crippen LogP contribution in [0.1, 0.15) is 51.6 Å². The van der Waals surface area contributed by atoms with Crippen LogP contribution < -0.4 is 4.74 Å². The van der Waals surface area contributed by atoms with Gasteiger partial charge in [-0.05, 0) is 67.3 Å². The first-order valence-corrected chi connectivity index (χ1v) is 12.0. The molecule has 4 aromatic rings. The van der Waals surface area contributed by atoms with Crippen LogP contribution in [0.2, 0.25) is 0 Å². The Labute approximate surface area is 205 Å². The van der Waals surface area contributed by atoms with Crippen LogP contribution in [0, 0.1) is 6.92 Å². The third-order valence-electron chi connectivity index (χ3n) is 6.49. The molecular weight excluding hydrogens is 436 g/mol. The van der Waals surface area contributed by atoms with Gasteiger partial charge in [-0.15, -0.1) is 0 Å².